The Bertz CT molecular complexity index is 1020. The third-order valence-corrected chi connectivity index (χ3v) is 6.01. The Hall–Kier alpha value is -3.02. The number of hydrogen-bond donors (Lipinski definition) is 2. The number of aromatic nitrogens is 1. The number of ketones is 2. The molecule has 1 saturated carbocycles. The molecule has 0 aliphatic heterocycles. The SMILES string of the molecule is CC1(C)CC(=N)/C(=C(/O)CCc2noc3c2C(=O)CC(c2ccccc2)C3)C(=O)C1. The van der Waals surface area contributed by atoms with E-state index in [1.54, 1.807) is 0 Å². The molecule has 0 saturated heterocycles. The van der Waals surface area contributed by atoms with E-state index in [4.69, 9.17) is 9.93 Å². The molecule has 2 aromatic rings. The normalized spacial score (nSPS) is 22.7. The second kappa shape index (κ2) is 7.67. The van der Waals surface area contributed by atoms with E-state index in [9.17, 15) is 14.7 Å². The number of nitrogens with zero attached hydrogens (tertiary/aromatic N) is 1. The maximum atomic E-state index is 12.8. The van der Waals surface area contributed by atoms with Gasteiger partial charge < -0.3 is 15.0 Å². The number of carbonyl (C=O) groups excluding carboxylic acids is 2. The van der Waals surface area contributed by atoms with Crippen LogP contribution in [0.4, 0.5) is 0 Å². The minimum absolute atomic E-state index is 0.00303. The topological polar surface area (TPSA) is 104 Å². The second-order valence-electron chi connectivity index (χ2n) is 9.11. The van der Waals surface area contributed by atoms with Crippen molar-refractivity contribution >= 4 is 17.3 Å². The first kappa shape index (κ1) is 20.3. The lowest BCUT2D eigenvalue weighted by Crippen LogP contribution is -2.32. The third kappa shape index (κ3) is 3.86. The van der Waals surface area contributed by atoms with E-state index < -0.39 is 0 Å². The van der Waals surface area contributed by atoms with Crippen LogP contribution in [-0.4, -0.2) is 27.5 Å². The van der Waals surface area contributed by atoms with E-state index in [0.29, 0.717) is 49.1 Å². The van der Waals surface area contributed by atoms with Crippen LogP contribution in [0.25, 0.3) is 0 Å². The molecule has 2 aliphatic rings. The highest BCUT2D eigenvalue weighted by Gasteiger charge is 2.36. The molecule has 30 heavy (non-hydrogen) atoms. The van der Waals surface area contributed by atoms with Crippen molar-refractivity contribution in [1.82, 2.24) is 5.16 Å². The minimum Gasteiger partial charge on any atom is -0.511 e. The Labute approximate surface area is 175 Å². The molecule has 1 aromatic carbocycles. The Morgan fingerprint density at radius 3 is 2.60 bits per heavy atom. The molecule has 0 bridgehead atoms. The smallest absolute Gasteiger partial charge is 0.168 e. The van der Waals surface area contributed by atoms with Crippen LogP contribution >= 0.6 is 0 Å². The quantitative estimate of drug-likeness (QED) is 0.564. The summed E-state index contributed by atoms with van der Waals surface area (Å²) < 4.78 is 5.48. The van der Waals surface area contributed by atoms with Crippen molar-refractivity contribution in [3.05, 3.63) is 64.2 Å². The molecule has 0 radical (unpaired) electrons. The van der Waals surface area contributed by atoms with Crippen molar-refractivity contribution in [2.75, 3.05) is 0 Å². The average molecular weight is 406 g/mol. The van der Waals surface area contributed by atoms with Crippen molar-refractivity contribution in [2.24, 2.45) is 5.41 Å². The highest BCUT2D eigenvalue weighted by Crippen LogP contribution is 2.36. The van der Waals surface area contributed by atoms with E-state index >= 15 is 0 Å². The van der Waals surface area contributed by atoms with Crippen LogP contribution in [0.5, 0.6) is 0 Å². The molecule has 0 amide bonds. The summed E-state index contributed by atoms with van der Waals surface area (Å²) in [5, 5.41) is 22.8. The van der Waals surface area contributed by atoms with Crippen LogP contribution in [0.1, 0.15) is 72.8 Å². The van der Waals surface area contributed by atoms with Gasteiger partial charge in [-0.3, -0.25) is 9.59 Å². The lowest BCUT2D eigenvalue weighted by atomic mass is 9.73. The van der Waals surface area contributed by atoms with Crippen LogP contribution in [0.3, 0.4) is 0 Å². The van der Waals surface area contributed by atoms with E-state index in [1.807, 2.05) is 44.2 Å². The summed E-state index contributed by atoms with van der Waals surface area (Å²) in [6, 6.07) is 9.90. The largest absolute Gasteiger partial charge is 0.511 e. The second-order valence-corrected chi connectivity index (χ2v) is 9.11. The lowest BCUT2D eigenvalue weighted by Gasteiger charge is -2.30. The maximum Gasteiger partial charge on any atom is 0.168 e. The molecule has 1 heterocycles. The number of carbonyl (C=O) groups is 2. The molecule has 0 spiro atoms. The minimum atomic E-state index is -0.259. The molecule has 156 valence electrons. The summed E-state index contributed by atoms with van der Waals surface area (Å²) in [6.07, 6.45) is 2.22. The van der Waals surface area contributed by atoms with Crippen LogP contribution in [0.15, 0.2) is 46.2 Å². The lowest BCUT2D eigenvalue weighted by molar-refractivity contribution is -0.117. The summed E-state index contributed by atoms with van der Waals surface area (Å²) in [4.78, 5) is 25.2. The van der Waals surface area contributed by atoms with Gasteiger partial charge in [-0.1, -0.05) is 49.3 Å². The van der Waals surface area contributed by atoms with Gasteiger partial charge >= 0.3 is 0 Å². The Balaban J connectivity index is 1.50. The number of aliphatic hydroxyl groups excluding tert-OH is 1. The summed E-state index contributed by atoms with van der Waals surface area (Å²) in [5.74, 6) is 0.369. The first-order chi connectivity index (χ1) is 14.2. The van der Waals surface area contributed by atoms with Crippen LogP contribution in [-0.2, 0) is 17.6 Å². The predicted octanol–water partition coefficient (Wildman–Crippen LogP) is 4.74. The van der Waals surface area contributed by atoms with Gasteiger partial charge in [0.15, 0.2) is 11.6 Å². The fourth-order valence-electron chi connectivity index (χ4n) is 4.59. The van der Waals surface area contributed by atoms with Gasteiger partial charge in [0, 0.05) is 37.8 Å². The Kier molecular flexibility index (Phi) is 5.18. The molecule has 1 atom stereocenters. The molecule has 1 unspecified atom stereocenters. The number of aryl methyl sites for hydroxylation is 1. The van der Waals surface area contributed by atoms with Gasteiger partial charge in [-0.25, -0.2) is 0 Å². The van der Waals surface area contributed by atoms with Crippen LogP contribution < -0.4 is 0 Å². The zero-order valence-electron chi connectivity index (χ0n) is 17.3. The van der Waals surface area contributed by atoms with Crippen molar-refractivity contribution in [1.29, 1.82) is 5.41 Å². The molecule has 1 fully saturated rings. The average Bonchev–Trinajstić information content (AvgIpc) is 3.09. The maximum absolute atomic E-state index is 12.8. The summed E-state index contributed by atoms with van der Waals surface area (Å²) in [6.45, 7) is 3.90. The molecule has 4 rings (SSSR count). The van der Waals surface area contributed by atoms with Gasteiger partial charge in [0.1, 0.15) is 11.5 Å². The number of benzene rings is 1. The third-order valence-electron chi connectivity index (χ3n) is 6.01. The monoisotopic (exact) mass is 406 g/mol. The zero-order chi connectivity index (χ0) is 21.5. The number of nitrogens with one attached hydrogen (secondary N) is 1. The standard InChI is InChI=1S/C24H26N2O4/c1-24(2)12-16(25)22(20(29)13-24)18(27)9-8-17-23-19(28)10-15(11-21(23)30-26-17)14-6-4-3-5-7-14/h3-7,15,25,27H,8-13H2,1-2H3/b22-18-,25-16?. The summed E-state index contributed by atoms with van der Waals surface area (Å²) in [7, 11) is 0. The highest BCUT2D eigenvalue weighted by atomic mass is 16.5. The number of hydrogen-bond acceptors (Lipinski definition) is 6. The van der Waals surface area contributed by atoms with Gasteiger partial charge in [0.2, 0.25) is 0 Å². The molecule has 1 aromatic heterocycles. The molecule has 2 aliphatic carbocycles. The zero-order valence-corrected chi connectivity index (χ0v) is 17.3. The molecule has 6 nitrogen and oxygen atoms in total. The Morgan fingerprint density at radius 1 is 1.17 bits per heavy atom. The van der Waals surface area contributed by atoms with Gasteiger partial charge in [-0.2, -0.15) is 0 Å². The van der Waals surface area contributed by atoms with Gasteiger partial charge in [0.05, 0.1) is 16.8 Å². The highest BCUT2D eigenvalue weighted by molar-refractivity contribution is 6.23. The van der Waals surface area contributed by atoms with Crippen LogP contribution in [0.2, 0.25) is 0 Å². The van der Waals surface area contributed by atoms with Crippen molar-refractivity contribution < 1.29 is 19.2 Å². The fourth-order valence-corrected chi connectivity index (χ4v) is 4.59. The summed E-state index contributed by atoms with van der Waals surface area (Å²) in [5.41, 5.74) is 2.19. The van der Waals surface area contributed by atoms with E-state index in [-0.39, 0.29) is 46.4 Å². The number of aliphatic hydroxyl groups is 1. The van der Waals surface area contributed by atoms with Crippen LogP contribution in [0, 0.1) is 10.8 Å². The Morgan fingerprint density at radius 2 is 1.90 bits per heavy atom. The fraction of sp³-hybridized carbons (Fsp3) is 0.417. The molecular formula is C24H26N2O4. The first-order valence-electron chi connectivity index (χ1n) is 10.3. The molecule has 2 N–H and O–H groups in total. The summed E-state index contributed by atoms with van der Waals surface area (Å²) >= 11 is 0. The van der Waals surface area contributed by atoms with Crippen molar-refractivity contribution in [2.45, 2.75) is 58.3 Å². The predicted molar refractivity (Wildman–Crippen MR) is 112 cm³/mol. The molecular weight excluding hydrogens is 380 g/mol. The van der Waals surface area contributed by atoms with Gasteiger partial charge in [0.25, 0.3) is 0 Å². The first-order valence-corrected chi connectivity index (χ1v) is 10.3. The number of Topliss-reactive ketones (excluding diaryl/α,β-unsaturated/α-hetero) is 2. The number of rotatable bonds is 4. The van der Waals surface area contributed by atoms with E-state index in [1.165, 1.54) is 0 Å². The van der Waals surface area contributed by atoms with Crippen molar-refractivity contribution in [3.63, 3.8) is 0 Å². The number of allylic oxidation sites excluding steroid dienone is 2. The van der Waals surface area contributed by atoms with E-state index in [0.717, 1.165) is 5.56 Å². The number of fused-ring (bicyclic) bond motifs is 1. The molecule has 6 heteroatoms. The van der Waals surface area contributed by atoms with Gasteiger partial charge in [-0.05, 0) is 23.3 Å². The van der Waals surface area contributed by atoms with Gasteiger partial charge in [-0.15, -0.1) is 0 Å². The van der Waals surface area contributed by atoms with E-state index in [2.05, 4.69) is 5.16 Å². The van der Waals surface area contributed by atoms with Crippen molar-refractivity contribution in [3.8, 4) is 0 Å².